The van der Waals surface area contributed by atoms with E-state index in [1.54, 1.807) is 0 Å². The Hall–Kier alpha value is -1.01. The number of hydrogen-bond acceptors (Lipinski definition) is 2. The topological polar surface area (TPSA) is 55.1 Å². The van der Waals surface area contributed by atoms with Crippen molar-refractivity contribution in [2.75, 3.05) is 0 Å². The summed E-state index contributed by atoms with van der Waals surface area (Å²) in [7, 11) is 0. The van der Waals surface area contributed by atoms with Crippen LogP contribution >= 0.6 is 0 Å². The molecule has 0 saturated heterocycles. The van der Waals surface area contributed by atoms with Crippen LogP contribution in [-0.2, 0) is 4.79 Å². The van der Waals surface area contributed by atoms with E-state index >= 15 is 0 Å². The minimum absolute atomic E-state index is 0.0347. The van der Waals surface area contributed by atoms with Gasteiger partial charge >= 0.3 is 0 Å². The minimum Gasteiger partial charge on any atom is -0.352 e. The fourth-order valence-corrected chi connectivity index (χ4v) is 2.89. The molecule has 0 aromatic heterocycles. The predicted molar refractivity (Wildman–Crippen MR) is 74.7 cm³/mol. The van der Waals surface area contributed by atoms with Gasteiger partial charge in [-0.2, -0.15) is 0 Å². The molecule has 1 amide bonds. The van der Waals surface area contributed by atoms with Crippen molar-refractivity contribution in [1.82, 2.24) is 5.32 Å². The lowest BCUT2D eigenvalue weighted by atomic mass is 9.61. The lowest BCUT2D eigenvalue weighted by Gasteiger charge is -2.46. The molecule has 3 nitrogen and oxygen atoms in total. The van der Waals surface area contributed by atoms with Crippen LogP contribution in [0.2, 0.25) is 0 Å². The van der Waals surface area contributed by atoms with Gasteiger partial charge in [-0.1, -0.05) is 20.8 Å². The molecule has 4 unspecified atom stereocenters. The van der Waals surface area contributed by atoms with Crippen LogP contribution in [0.15, 0.2) is 0 Å². The van der Waals surface area contributed by atoms with Gasteiger partial charge in [0.2, 0.25) is 5.91 Å². The lowest BCUT2D eigenvalue weighted by molar-refractivity contribution is -0.133. The van der Waals surface area contributed by atoms with Crippen LogP contribution in [0.5, 0.6) is 0 Å². The summed E-state index contributed by atoms with van der Waals surface area (Å²) >= 11 is 0. The zero-order valence-corrected chi connectivity index (χ0v) is 12.0. The molecule has 0 radical (unpaired) electrons. The Balaban J connectivity index is 2.71. The molecule has 0 aliphatic heterocycles. The van der Waals surface area contributed by atoms with Gasteiger partial charge in [0.1, 0.15) is 0 Å². The van der Waals surface area contributed by atoms with E-state index in [4.69, 9.17) is 12.2 Å². The molecule has 1 aliphatic rings. The van der Waals surface area contributed by atoms with E-state index in [1.807, 2.05) is 6.92 Å². The van der Waals surface area contributed by atoms with Crippen LogP contribution in [0.3, 0.4) is 0 Å². The summed E-state index contributed by atoms with van der Waals surface area (Å²) in [6, 6.07) is 0.247. The van der Waals surface area contributed by atoms with Gasteiger partial charge in [0.15, 0.2) is 0 Å². The third-order valence-electron chi connectivity index (χ3n) is 4.63. The van der Waals surface area contributed by atoms with Crippen LogP contribution < -0.4 is 11.1 Å². The monoisotopic (exact) mass is 250 g/mol. The van der Waals surface area contributed by atoms with Crippen molar-refractivity contribution < 1.29 is 4.79 Å². The Morgan fingerprint density at radius 1 is 1.56 bits per heavy atom. The molecule has 0 bridgehead atoms. The average Bonchev–Trinajstić information content (AvgIpc) is 2.26. The Kier molecular flexibility index (Phi) is 4.81. The third kappa shape index (κ3) is 3.05. The molecule has 4 atom stereocenters. The summed E-state index contributed by atoms with van der Waals surface area (Å²) in [5.74, 6) is 3.09. The number of nitrogens with two attached hydrogens (primary N) is 1. The second-order valence-electron chi connectivity index (χ2n) is 6.22. The Bertz CT molecular complexity index is 343. The van der Waals surface area contributed by atoms with Crippen molar-refractivity contribution in [2.45, 2.75) is 59.0 Å². The van der Waals surface area contributed by atoms with Crippen LogP contribution in [-0.4, -0.2) is 18.0 Å². The maximum Gasteiger partial charge on any atom is 0.223 e. The predicted octanol–water partition coefficient (Wildman–Crippen LogP) is 1.91. The minimum atomic E-state index is -0.0579. The quantitative estimate of drug-likeness (QED) is 0.752. The van der Waals surface area contributed by atoms with Crippen molar-refractivity contribution in [1.29, 1.82) is 0 Å². The maximum atomic E-state index is 12.3. The summed E-state index contributed by atoms with van der Waals surface area (Å²) in [6.45, 7) is 8.39. The molecule has 3 N–H and O–H groups in total. The number of amides is 1. The van der Waals surface area contributed by atoms with Gasteiger partial charge in [0.25, 0.3) is 0 Å². The van der Waals surface area contributed by atoms with Gasteiger partial charge in [0.05, 0.1) is 0 Å². The number of rotatable bonds is 3. The molecule has 3 heteroatoms. The highest BCUT2D eigenvalue weighted by Gasteiger charge is 2.45. The fraction of sp³-hybridized carbons (Fsp3) is 0.800. The number of nitrogens with one attached hydrogen (secondary N) is 1. The van der Waals surface area contributed by atoms with Crippen molar-refractivity contribution in [2.24, 2.45) is 23.0 Å². The van der Waals surface area contributed by atoms with Gasteiger partial charge in [-0.3, -0.25) is 4.79 Å². The summed E-state index contributed by atoms with van der Waals surface area (Å²) in [4.78, 5) is 12.3. The number of carbonyl (C=O) groups excluding carboxylic acids is 1. The SMILES string of the molecule is C#CCC(C)NC(=O)C1CCC(N)C(C)C1(C)C. The summed E-state index contributed by atoms with van der Waals surface area (Å²) < 4.78 is 0. The van der Waals surface area contributed by atoms with E-state index in [2.05, 4.69) is 32.0 Å². The standard InChI is InChI=1S/C15H26N2O/c1-6-7-10(2)17-14(18)12-8-9-13(16)11(3)15(12,4)5/h1,10-13H,7-9,16H2,2-5H3,(H,17,18). The van der Waals surface area contributed by atoms with E-state index in [9.17, 15) is 4.79 Å². The van der Waals surface area contributed by atoms with Crippen LogP contribution in [0.4, 0.5) is 0 Å². The molecule has 0 aromatic rings. The van der Waals surface area contributed by atoms with Crippen LogP contribution in [0.1, 0.15) is 47.0 Å². The van der Waals surface area contributed by atoms with E-state index in [-0.39, 0.29) is 29.3 Å². The van der Waals surface area contributed by atoms with Crippen molar-refractivity contribution in [3.8, 4) is 12.3 Å². The second kappa shape index (κ2) is 5.75. The molecule has 0 heterocycles. The Morgan fingerprint density at radius 2 is 2.17 bits per heavy atom. The second-order valence-corrected chi connectivity index (χ2v) is 6.22. The number of terminal acetylenes is 1. The lowest BCUT2D eigenvalue weighted by Crippen LogP contribution is -2.52. The van der Waals surface area contributed by atoms with Gasteiger partial charge in [-0.15, -0.1) is 12.3 Å². The molecular weight excluding hydrogens is 224 g/mol. The first-order chi connectivity index (χ1) is 8.30. The summed E-state index contributed by atoms with van der Waals surface area (Å²) in [5.41, 5.74) is 6.05. The van der Waals surface area contributed by atoms with Gasteiger partial charge in [-0.25, -0.2) is 0 Å². The van der Waals surface area contributed by atoms with E-state index in [0.29, 0.717) is 12.3 Å². The molecule has 0 spiro atoms. The molecule has 18 heavy (non-hydrogen) atoms. The Labute approximate surface area is 111 Å². The first-order valence-corrected chi connectivity index (χ1v) is 6.80. The largest absolute Gasteiger partial charge is 0.352 e. The zero-order valence-electron chi connectivity index (χ0n) is 12.0. The number of carbonyl (C=O) groups is 1. The molecule has 1 saturated carbocycles. The summed E-state index contributed by atoms with van der Waals surface area (Å²) in [6.07, 6.45) is 7.63. The normalized spacial score (nSPS) is 32.3. The number of hydrogen-bond donors (Lipinski definition) is 2. The Morgan fingerprint density at radius 3 is 2.72 bits per heavy atom. The molecule has 0 aromatic carbocycles. The smallest absolute Gasteiger partial charge is 0.223 e. The summed E-state index contributed by atoms with van der Waals surface area (Å²) in [5, 5.41) is 3.02. The average molecular weight is 250 g/mol. The highest BCUT2D eigenvalue weighted by Crippen LogP contribution is 2.44. The molecule has 1 aliphatic carbocycles. The van der Waals surface area contributed by atoms with Crippen LogP contribution in [0.25, 0.3) is 0 Å². The van der Waals surface area contributed by atoms with Crippen molar-refractivity contribution >= 4 is 5.91 Å². The van der Waals surface area contributed by atoms with Crippen molar-refractivity contribution in [3.63, 3.8) is 0 Å². The van der Waals surface area contributed by atoms with Crippen LogP contribution in [0, 0.1) is 29.6 Å². The maximum absolute atomic E-state index is 12.3. The highest BCUT2D eigenvalue weighted by molar-refractivity contribution is 5.80. The molecular formula is C15H26N2O. The fourth-order valence-electron chi connectivity index (χ4n) is 2.89. The first kappa shape index (κ1) is 15.0. The van der Waals surface area contributed by atoms with E-state index < -0.39 is 0 Å². The molecule has 1 fully saturated rings. The van der Waals surface area contributed by atoms with E-state index in [0.717, 1.165) is 12.8 Å². The molecule has 1 rings (SSSR count). The third-order valence-corrected chi connectivity index (χ3v) is 4.63. The van der Waals surface area contributed by atoms with Crippen molar-refractivity contribution in [3.05, 3.63) is 0 Å². The highest BCUT2D eigenvalue weighted by atomic mass is 16.2. The zero-order chi connectivity index (χ0) is 13.9. The van der Waals surface area contributed by atoms with Gasteiger partial charge in [0, 0.05) is 24.4 Å². The first-order valence-electron chi connectivity index (χ1n) is 6.80. The van der Waals surface area contributed by atoms with Gasteiger partial charge < -0.3 is 11.1 Å². The van der Waals surface area contributed by atoms with E-state index in [1.165, 1.54) is 0 Å². The molecule has 102 valence electrons. The van der Waals surface area contributed by atoms with Gasteiger partial charge in [-0.05, 0) is 31.1 Å².